The number of anilines is 1. The van der Waals surface area contributed by atoms with Crippen molar-refractivity contribution in [2.75, 3.05) is 11.6 Å². The first-order chi connectivity index (χ1) is 15.9. The molecule has 1 aliphatic heterocycles. The Hall–Kier alpha value is -4.46. The zero-order chi connectivity index (χ0) is 23.5. The fourth-order valence-electron chi connectivity index (χ4n) is 3.37. The van der Waals surface area contributed by atoms with Crippen molar-refractivity contribution >= 4 is 35.3 Å². The molecule has 0 atom stereocenters. The van der Waals surface area contributed by atoms with E-state index in [-0.39, 0.29) is 19.6 Å². The third-order valence-corrected chi connectivity index (χ3v) is 4.97. The van der Waals surface area contributed by atoms with Crippen LogP contribution in [0.5, 0.6) is 0 Å². The van der Waals surface area contributed by atoms with Crippen LogP contribution in [0.2, 0.25) is 0 Å². The van der Waals surface area contributed by atoms with E-state index in [1.807, 2.05) is 6.07 Å². The van der Waals surface area contributed by atoms with Crippen LogP contribution in [0.4, 0.5) is 5.69 Å². The maximum absolute atomic E-state index is 13.0. The Morgan fingerprint density at radius 2 is 1.82 bits per heavy atom. The van der Waals surface area contributed by atoms with Crippen LogP contribution >= 0.6 is 0 Å². The van der Waals surface area contributed by atoms with Gasteiger partial charge in [-0.2, -0.15) is 10.1 Å². The summed E-state index contributed by atoms with van der Waals surface area (Å²) in [4.78, 5) is 36.2. The van der Waals surface area contributed by atoms with Crippen molar-refractivity contribution in [2.24, 2.45) is 5.10 Å². The number of carbonyl (C=O) groups is 3. The van der Waals surface area contributed by atoms with Crippen LogP contribution in [0.3, 0.4) is 0 Å². The predicted octanol–water partition coefficient (Wildman–Crippen LogP) is 5.26. The Morgan fingerprint density at radius 1 is 1.09 bits per heavy atom. The number of ether oxygens (including phenoxy) is 1. The number of hydrogen-bond donors (Lipinski definition) is 1. The summed E-state index contributed by atoms with van der Waals surface area (Å²) in [7, 11) is 0. The van der Waals surface area contributed by atoms with Crippen molar-refractivity contribution in [3.05, 3.63) is 83.1 Å². The molecule has 0 fully saturated rings. The van der Waals surface area contributed by atoms with Crippen LogP contribution in [0.25, 0.3) is 17.4 Å². The molecule has 0 spiro atoms. The minimum Gasteiger partial charge on any atom is -0.478 e. The molecule has 1 aromatic heterocycles. The molecular weight excluding hydrogens is 436 g/mol. The zero-order valence-electron chi connectivity index (χ0n) is 17.9. The van der Waals surface area contributed by atoms with Crippen LogP contribution in [0.15, 0.2) is 75.8 Å². The van der Waals surface area contributed by atoms with Crippen LogP contribution in [-0.4, -0.2) is 35.3 Å². The summed E-state index contributed by atoms with van der Waals surface area (Å²) in [6.45, 7) is 3.72. The minimum absolute atomic E-state index is 0. The summed E-state index contributed by atoms with van der Waals surface area (Å²) in [5.74, 6) is -0.930. The number of amides is 1. The summed E-state index contributed by atoms with van der Waals surface area (Å²) >= 11 is 0. The van der Waals surface area contributed by atoms with Gasteiger partial charge in [0.2, 0.25) is 0 Å². The summed E-state index contributed by atoms with van der Waals surface area (Å²) in [5.41, 5.74) is 2.34. The number of hydrogen-bond acceptors (Lipinski definition) is 6. The molecule has 0 unspecified atom stereocenters. The Labute approximate surface area is 196 Å². The Kier molecular flexibility index (Phi) is 7.11. The number of esters is 1. The lowest BCUT2D eigenvalue weighted by atomic mass is 10.1. The van der Waals surface area contributed by atoms with E-state index in [1.54, 1.807) is 62.4 Å². The van der Waals surface area contributed by atoms with Crippen molar-refractivity contribution < 1.29 is 28.6 Å². The predicted molar refractivity (Wildman–Crippen MR) is 129 cm³/mol. The van der Waals surface area contributed by atoms with Gasteiger partial charge in [0, 0.05) is 5.56 Å². The number of carbonyl (C=O) groups excluding carboxylic acids is 2. The summed E-state index contributed by atoms with van der Waals surface area (Å²) < 4.78 is 10.9. The number of aromatic carboxylic acids is 1. The number of carboxylic acid groups (broad SMARTS) is 1. The first kappa shape index (κ1) is 24.2. The number of rotatable bonds is 6. The van der Waals surface area contributed by atoms with Crippen LogP contribution < -0.4 is 5.01 Å². The lowest BCUT2D eigenvalue weighted by Gasteiger charge is -2.12. The second-order valence-electron chi connectivity index (χ2n) is 7.22. The van der Waals surface area contributed by atoms with E-state index in [9.17, 15) is 19.5 Å². The maximum Gasteiger partial charge on any atom is 0.338 e. The van der Waals surface area contributed by atoms with Gasteiger partial charge in [0.05, 0.1) is 34.7 Å². The first-order valence-corrected chi connectivity index (χ1v) is 10.2. The smallest absolute Gasteiger partial charge is 0.338 e. The lowest BCUT2D eigenvalue weighted by Crippen LogP contribution is -2.21. The SMILES string of the molecule is C.CCOC(=O)c1cccc(-c2ccc(/C=C3\C(=O)N(c4cccc(C(=O)O)c4)N=C3C)o2)c1. The maximum atomic E-state index is 13.0. The number of carboxylic acids is 1. The summed E-state index contributed by atoms with van der Waals surface area (Å²) in [6.07, 6.45) is 1.58. The highest BCUT2D eigenvalue weighted by atomic mass is 16.5. The molecule has 8 heteroatoms. The molecule has 0 saturated heterocycles. The molecule has 1 amide bonds. The van der Waals surface area contributed by atoms with Gasteiger partial charge in [-0.05, 0) is 62.4 Å². The largest absolute Gasteiger partial charge is 0.478 e. The first-order valence-electron chi connectivity index (χ1n) is 10.2. The van der Waals surface area contributed by atoms with Crippen LogP contribution in [0, 0.1) is 0 Å². The van der Waals surface area contributed by atoms with E-state index in [0.717, 1.165) is 0 Å². The van der Waals surface area contributed by atoms with Gasteiger partial charge in [0.15, 0.2) is 0 Å². The van der Waals surface area contributed by atoms with Gasteiger partial charge < -0.3 is 14.3 Å². The number of nitrogens with zero attached hydrogens (tertiary/aromatic N) is 2. The molecule has 0 saturated carbocycles. The summed E-state index contributed by atoms with van der Waals surface area (Å²) in [5, 5.41) is 14.6. The molecule has 0 radical (unpaired) electrons. The monoisotopic (exact) mass is 460 g/mol. The molecule has 34 heavy (non-hydrogen) atoms. The van der Waals surface area contributed by atoms with E-state index in [4.69, 9.17) is 9.15 Å². The quantitative estimate of drug-likeness (QED) is 0.397. The molecule has 3 aromatic rings. The van der Waals surface area contributed by atoms with Gasteiger partial charge in [0.1, 0.15) is 11.5 Å². The third-order valence-electron chi connectivity index (χ3n) is 4.97. The lowest BCUT2D eigenvalue weighted by molar-refractivity contribution is -0.114. The molecule has 1 aliphatic rings. The van der Waals surface area contributed by atoms with E-state index < -0.39 is 17.8 Å². The second kappa shape index (κ2) is 9.99. The number of hydrazone groups is 1. The van der Waals surface area contributed by atoms with Crippen molar-refractivity contribution in [1.82, 2.24) is 0 Å². The van der Waals surface area contributed by atoms with E-state index in [2.05, 4.69) is 5.10 Å². The van der Waals surface area contributed by atoms with Crippen molar-refractivity contribution in [2.45, 2.75) is 21.3 Å². The molecular formula is C26H24N2O6. The molecule has 1 N–H and O–H groups in total. The zero-order valence-corrected chi connectivity index (χ0v) is 17.9. The molecule has 174 valence electrons. The normalized spacial score (nSPS) is 14.1. The minimum atomic E-state index is -1.09. The van der Waals surface area contributed by atoms with Crippen LogP contribution in [-0.2, 0) is 9.53 Å². The molecule has 2 aromatic carbocycles. The second-order valence-corrected chi connectivity index (χ2v) is 7.22. The van der Waals surface area contributed by atoms with Crippen molar-refractivity contribution in [3.63, 3.8) is 0 Å². The van der Waals surface area contributed by atoms with Crippen molar-refractivity contribution in [3.8, 4) is 11.3 Å². The molecule has 0 aliphatic carbocycles. The average molecular weight is 460 g/mol. The highest BCUT2D eigenvalue weighted by Gasteiger charge is 2.29. The van der Waals surface area contributed by atoms with Crippen LogP contribution in [0.1, 0.15) is 47.8 Å². The number of benzene rings is 2. The van der Waals surface area contributed by atoms with Gasteiger partial charge in [-0.15, -0.1) is 0 Å². The van der Waals surface area contributed by atoms with Gasteiger partial charge >= 0.3 is 11.9 Å². The molecule has 0 bridgehead atoms. The van der Waals surface area contributed by atoms with Gasteiger partial charge in [-0.3, -0.25) is 4.79 Å². The Morgan fingerprint density at radius 3 is 2.56 bits per heavy atom. The molecule has 2 heterocycles. The fourth-order valence-corrected chi connectivity index (χ4v) is 3.37. The van der Waals surface area contributed by atoms with E-state index in [1.165, 1.54) is 17.1 Å². The topological polar surface area (TPSA) is 109 Å². The fraction of sp³-hybridized carbons (Fsp3) is 0.154. The summed E-state index contributed by atoms with van der Waals surface area (Å²) in [6, 6.07) is 16.4. The molecule has 8 nitrogen and oxygen atoms in total. The van der Waals surface area contributed by atoms with Crippen molar-refractivity contribution in [1.29, 1.82) is 0 Å². The van der Waals surface area contributed by atoms with E-state index >= 15 is 0 Å². The van der Waals surface area contributed by atoms with Gasteiger partial charge in [-0.25, -0.2) is 9.59 Å². The highest BCUT2D eigenvalue weighted by Crippen LogP contribution is 2.28. The van der Waals surface area contributed by atoms with Gasteiger partial charge in [0.25, 0.3) is 5.91 Å². The van der Waals surface area contributed by atoms with E-state index in [0.29, 0.717) is 39.6 Å². The van der Waals surface area contributed by atoms with Gasteiger partial charge in [-0.1, -0.05) is 25.6 Å². The highest BCUT2D eigenvalue weighted by molar-refractivity contribution is 6.32. The third kappa shape index (κ3) is 4.80. The standard InChI is InChI=1S/C25H20N2O6.CH4/c1-3-32-25(31)18-8-4-6-16(12-18)22-11-10-20(33-22)14-21-15(2)26-27(23(21)28)19-9-5-7-17(13-19)24(29)30;/h4-14H,3H2,1-2H3,(H,29,30);1H4/b21-14-;. The molecule has 4 rings (SSSR count). The number of furan rings is 1. The Bertz CT molecular complexity index is 1320. The average Bonchev–Trinajstić information content (AvgIpc) is 3.40. The Balaban J connectivity index is 0.00000324.